The molecule has 0 aliphatic carbocycles. The molecule has 0 aromatic heterocycles. The molecule has 0 radical (unpaired) electrons. The summed E-state index contributed by atoms with van der Waals surface area (Å²) >= 11 is 1.12. The molecule has 0 heterocycles. The zero-order valence-electron chi connectivity index (χ0n) is 6.51. The fourth-order valence-electron chi connectivity index (χ4n) is 0.299. The number of rotatable bonds is 2. The molecule has 0 rings (SSSR count). The lowest BCUT2D eigenvalue weighted by Gasteiger charge is -1.98. The number of nitriles is 1. The minimum Gasteiger partial charge on any atom is -0.277 e. The van der Waals surface area contributed by atoms with Crippen molar-refractivity contribution in [1.82, 2.24) is 5.43 Å². The van der Waals surface area contributed by atoms with E-state index in [1.54, 1.807) is 0 Å². The van der Waals surface area contributed by atoms with Crippen LogP contribution < -0.4 is 5.43 Å². The number of hydrogen-bond donors (Lipinski definition) is 2. The molecule has 0 amide bonds. The van der Waals surface area contributed by atoms with Gasteiger partial charge in [-0.3, -0.25) is 10.8 Å². The molecule has 0 aliphatic heterocycles. The van der Waals surface area contributed by atoms with Crippen molar-refractivity contribution in [2.45, 2.75) is 13.8 Å². The number of amidine groups is 1. The lowest BCUT2D eigenvalue weighted by molar-refractivity contribution is 1.03. The topological polar surface area (TPSA) is 72.0 Å². The maximum absolute atomic E-state index is 8.16. The zero-order chi connectivity index (χ0) is 8.69. The molecule has 0 aromatic carbocycles. The van der Waals surface area contributed by atoms with Crippen molar-refractivity contribution in [2.75, 3.05) is 5.75 Å². The highest BCUT2D eigenvalue weighted by atomic mass is 32.2. The lowest BCUT2D eigenvalue weighted by atomic mass is 10.5. The predicted octanol–water partition coefficient (Wildman–Crippen LogP) is 1.16. The van der Waals surface area contributed by atoms with Crippen molar-refractivity contribution in [2.24, 2.45) is 5.10 Å². The third-order valence-corrected chi connectivity index (χ3v) is 1.32. The Hall–Kier alpha value is -1.02. The van der Waals surface area contributed by atoms with E-state index in [9.17, 15) is 0 Å². The number of thioether (sulfide) groups is 1. The van der Waals surface area contributed by atoms with Crippen LogP contribution in [-0.2, 0) is 0 Å². The quantitative estimate of drug-likeness (QED) is 0.371. The fourth-order valence-corrected chi connectivity index (χ4v) is 0.618. The van der Waals surface area contributed by atoms with Gasteiger partial charge in [0, 0.05) is 5.71 Å². The van der Waals surface area contributed by atoms with Gasteiger partial charge in [0.2, 0.25) is 0 Å². The minimum atomic E-state index is 0.202. The van der Waals surface area contributed by atoms with E-state index in [4.69, 9.17) is 10.7 Å². The molecule has 0 aliphatic rings. The first-order chi connectivity index (χ1) is 5.16. The average Bonchev–Trinajstić information content (AvgIpc) is 1.97. The maximum atomic E-state index is 8.16. The molecule has 60 valence electrons. The molecule has 2 N–H and O–H groups in total. The molecule has 0 unspecified atom stereocenters. The summed E-state index contributed by atoms with van der Waals surface area (Å²) in [5, 5.41) is 19.3. The van der Waals surface area contributed by atoms with Gasteiger partial charge in [-0.05, 0) is 13.8 Å². The Bertz CT molecular complexity index is 199. The summed E-state index contributed by atoms with van der Waals surface area (Å²) in [6, 6.07) is 1.92. The summed E-state index contributed by atoms with van der Waals surface area (Å²) < 4.78 is 0. The van der Waals surface area contributed by atoms with E-state index in [0.717, 1.165) is 17.5 Å². The Morgan fingerprint density at radius 1 is 1.73 bits per heavy atom. The Morgan fingerprint density at radius 2 is 2.36 bits per heavy atom. The second kappa shape index (κ2) is 5.74. The SMILES string of the molecule is CC(C)=NNC(=N)SCC#N. The van der Waals surface area contributed by atoms with Crippen LogP contribution in [0, 0.1) is 16.7 Å². The summed E-state index contributed by atoms with van der Waals surface area (Å²) in [4.78, 5) is 0. The average molecular weight is 170 g/mol. The van der Waals surface area contributed by atoms with Crippen LogP contribution in [0.2, 0.25) is 0 Å². The van der Waals surface area contributed by atoms with Crippen LogP contribution in [0.1, 0.15) is 13.8 Å². The Balaban J connectivity index is 3.55. The first kappa shape index (κ1) is 9.98. The van der Waals surface area contributed by atoms with Crippen molar-refractivity contribution in [3.8, 4) is 6.07 Å². The fraction of sp³-hybridized carbons (Fsp3) is 0.500. The van der Waals surface area contributed by atoms with E-state index in [1.165, 1.54) is 0 Å². The van der Waals surface area contributed by atoms with Gasteiger partial charge >= 0.3 is 0 Å². The van der Waals surface area contributed by atoms with Gasteiger partial charge in [-0.1, -0.05) is 11.8 Å². The molecule has 0 atom stereocenters. The molecule has 0 spiro atoms. The van der Waals surface area contributed by atoms with Gasteiger partial charge in [0.1, 0.15) is 0 Å². The van der Waals surface area contributed by atoms with Gasteiger partial charge in [-0.25, -0.2) is 0 Å². The van der Waals surface area contributed by atoms with Crippen LogP contribution in [0.5, 0.6) is 0 Å². The summed E-state index contributed by atoms with van der Waals surface area (Å²) in [6.07, 6.45) is 0. The Kier molecular flexibility index (Phi) is 5.21. The van der Waals surface area contributed by atoms with Gasteiger partial charge < -0.3 is 0 Å². The van der Waals surface area contributed by atoms with E-state index in [2.05, 4.69) is 10.5 Å². The summed E-state index contributed by atoms with van der Waals surface area (Å²) in [6.45, 7) is 3.66. The van der Waals surface area contributed by atoms with Crippen LogP contribution in [0.15, 0.2) is 5.10 Å². The van der Waals surface area contributed by atoms with Crippen molar-refractivity contribution in [3.63, 3.8) is 0 Å². The van der Waals surface area contributed by atoms with Gasteiger partial charge in [-0.2, -0.15) is 10.4 Å². The first-order valence-electron chi connectivity index (χ1n) is 3.02. The summed E-state index contributed by atoms with van der Waals surface area (Å²) in [7, 11) is 0. The van der Waals surface area contributed by atoms with Crippen LogP contribution >= 0.6 is 11.8 Å². The number of nitrogens with zero attached hydrogens (tertiary/aromatic N) is 2. The smallest absolute Gasteiger partial charge is 0.175 e. The molecule has 0 bridgehead atoms. The molecule has 0 fully saturated rings. The summed E-state index contributed by atoms with van der Waals surface area (Å²) in [5.41, 5.74) is 3.35. The largest absolute Gasteiger partial charge is 0.277 e. The van der Waals surface area contributed by atoms with Gasteiger partial charge in [-0.15, -0.1) is 0 Å². The maximum Gasteiger partial charge on any atom is 0.175 e. The second-order valence-corrected chi connectivity index (χ2v) is 2.93. The van der Waals surface area contributed by atoms with E-state index >= 15 is 0 Å². The highest BCUT2D eigenvalue weighted by Gasteiger charge is 1.92. The Labute approximate surface area is 70.2 Å². The molecular formula is C6H10N4S. The normalized spacial score (nSPS) is 8.09. The first-order valence-corrected chi connectivity index (χ1v) is 4.00. The number of nitrogens with one attached hydrogen (secondary N) is 2. The number of hydrazone groups is 1. The molecule has 5 heteroatoms. The molecule has 11 heavy (non-hydrogen) atoms. The van der Waals surface area contributed by atoms with Crippen LogP contribution in [0.25, 0.3) is 0 Å². The molecule has 0 saturated heterocycles. The standard InChI is InChI=1S/C6H10N4S/c1-5(2)9-10-6(8)11-4-3-7/h4H2,1-2H3,(H2,8,10). The zero-order valence-corrected chi connectivity index (χ0v) is 7.33. The van der Waals surface area contributed by atoms with Gasteiger partial charge in [0.05, 0.1) is 11.8 Å². The molecule has 0 saturated carbocycles. The van der Waals surface area contributed by atoms with Crippen molar-refractivity contribution in [1.29, 1.82) is 10.7 Å². The predicted molar refractivity (Wildman–Crippen MR) is 47.7 cm³/mol. The molecule has 0 aromatic rings. The monoisotopic (exact) mass is 170 g/mol. The van der Waals surface area contributed by atoms with Gasteiger partial charge in [0.15, 0.2) is 5.17 Å². The van der Waals surface area contributed by atoms with E-state index in [1.807, 2.05) is 19.9 Å². The van der Waals surface area contributed by atoms with E-state index in [-0.39, 0.29) is 10.9 Å². The van der Waals surface area contributed by atoms with E-state index < -0.39 is 0 Å². The second-order valence-electron chi connectivity index (χ2n) is 1.95. The third kappa shape index (κ3) is 6.87. The van der Waals surface area contributed by atoms with Crippen LogP contribution in [0.4, 0.5) is 0 Å². The lowest BCUT2D eigenvalue weighted by Crippen LogP contribution is -2.13. The van der Waals surface area contributed by atoms with Crippen molar-refractivity contribution < 1.29 is 0 Å². The minimum absolute atomic E-state index is 0.202. The Morgan fingerprint density at radius 3 is 2.82 bits per heavy atom. The number of hydrogen-bond acceptors (Lipinski definition) is 4. The molecule has 4 nitrogen and oxygen atoms in total. The van der Waals surface area contributed by atoms with Crippen molar-refractivity contribution >= 4 is 22.6 Å². The highest BCUT2D eigenvalue weighted by molar-refractivity contribution is 8.13. The van der Waals surface area contributed by atoms with Crippen molar-refractivity contribution in [3.05, 3.63) is 0 Å². The highest BCUT2D eigenvalue weighted by Crippen LogP contribution is 1.96. The third-order valence-electron chi connectivity index (χ3n) is 0.662. The van der Waals surface area contributed by atoms with E-state index in [0.29, 0.717) is 0 Å². The summed E-state index contributed by atoms with van der Waals surface area (Å²) in [5.74, 6) is 0.282. The van der Waals surface area contributed by atoms with Crippen LogP contribution in [-0.4, -0.2) is 16.6 Å². The molecular weight excluding hydrogens is 160 g/mol. The van der Waals surface area contributed by atoms with Crippen LogP contribution in [0.3, 0.4) is 0 Å². The van der Waals surface area contributed by atoms with Gasteiger partial charge in [0.25, 0.3) is 0 Å².